The van der Waals surface area contributed by atoms with Crippen molar-refractivity contribution >= 4 is 11.3 Å². The number of hydrogen-bond donors (Lipinski definition) is 1. The first-order valence-corrected chi connectivity index (χ1v) is 8.19. The number of rotatable bonds is 3. The fourth-order valence-electron chi connectivity index (χ4n) is 2.99. The Morgan fingerprint density at radius 3 is 2.22 bits per heavy atom. The summed E-state index contributed by atoms with van der Waals surface area (Å²) in [6, 6.07) is 0. The average Bonchev–Trinajstić information content (AvgIpc) is 2.64. The van der Waals surface area contributed by atoms with Crippen molar-refractivity contribution in [2.24, 2.45) is 0 Å². The molecule has 1 aromatic rings. The van der Waals surface area contributed by atoms with Crippen molar-refractivity contribution < 1.29 is 0 Å². The third-order valence-corrected chi connectivity index (χ3v) is 5.44. The Kier molecular flexibility index (Phi) is 4.79. The fourth-order valence-corrected chi connectivity index (χ4v) is 4.13. The fraction of sp³-hybridized carbons (Fsp3) is 0.800. The van der Waals surface area contributed by atoms with Crippen LogP contribution in [0.2, 0.25) is 0 Å². The van der Waals surface area contributed by atoms with Crippen molar-refractivity contribution in [3.8, 4) is 0 Å². The zero-order chi connectivity index (χ0) is 13.0. The van der Waals surface area contributed by atoms with E-state index in [0.717, 1.165) is 6.54 Å². The molecule has 2 nitrogen and oxygen atoms in total. The van der Waals surface area contributed by atoms with Crippen molar-refractivity contribution in [2.45, 2.75) is 71.3 Å². The molecule has 1 N–H and O–H groups in total. The van der Waals surface area contributed by atoms with Crippen LogP contribution in [-0.4, -0.2) is 11.5 Å². The maximum atomic E-state index is 4.85. The highest BCUT2D eigenvalue weighted by atomic mass is 32.1. The third kappa shape index (κ3) is 2.94. The molecule has 1 fully saturated rings. The molecular formula is C15H26N2S. The van der Waals surface area contributed by atoms with Crippen LogP contribution in [0.3, 0.4) is 0 Å². The van der Waals surface area contributed by atoms with E-state index in [1.54, 1.807) is 0 Å². The van der Waals surface area contributed by atoms with E-state index in [4.69, 9.17) is 4.98 Å². The zero-order valence-corrected chi connectivity index (χ0v) is 12.8. The number of aromatic nitrogens is 1. The molecule has 0 radical (unpaired) electrons. The van der Waals surface area contributed by atoms with Gasteiger partial charge in [0.15, 0.2) is 0 Å². The number of hydrogen-bond acceptors (Lipinski definition) is 3. The standard InChI is InChI=1S/C15H26N2S/c1-4-16-15(10-8-6-5-7-9-11-15)14-17-12(2)13(3)18-14/h16H,4-11H2,1-3H3. The largest absolute Gasteiger partial charge is 0.306 e. The summed E-state index contributed by atoms with van der Waals surface area (Å²) in [6.07, 6.45) is 9.38. The first-order valence-electron chi connectivity index (χ1n) is 7.37. The Morgan fingerprint density at radius 2 is 1.72 bits per heavy atom. The lowest BCUT2D eigenvalue weighted by Gasteiger charge is -2.34. The van der Waals surface area contributed by atoms with E-state index in [2.05, 4.69) is 26.1 Å². The van der Waals surface area contributed by atoms with Crippen molar-refractivity contribution in [2.75, 3.05) is 6.54 Å². The summed E-state index contributed by atoms with van der Waals surface area (Å²) in [5, 5.41) is 5.11. The van der Waals surface area contributed by atoms with Crippen LogP contribution in [0.4, 0.5) is 0 Å². The first kappa shape index (κ1) is 14.0. The Hall–Kier alpha value is -0.410. The van der Waals surface area contributed by atoms with Crippen molar-refractivity contribution in [3.05, 3.63) is 15.6 Å². The second kappa shape index (κ2) is 6.16. The molecule has 0 aromatic carbocycles. The Balaban J connectivity index is 2.28. The van der Waals surface area contributed by atoms with Gasteiger partial charge < -0.3 is 5.32 Å². The normalized spacial score (nSPS) is 20.4. The zero-order valence-electron chi connectivity index (χ0n) is 12.0. The van der Waals surface area contributed by atoms with Crippen LogP contribution in [0.1, 0.15) is 67.4 Å². The van der Waals surface area contributed by atoms with Crippen LogP contribution in [0.25, 0.3) is 0 Å². The van der Waals surface area contributed by atoms with Crippen LogP contribution in [0, 0.1) is 13.8 Å². The van der Waals surface area contributed by atoms with Crippen LogP contribution in [0.15, 0.2) is 0 Å². The van der Waals surface area contributed by atoms with E-state index >= 15 is 0 Å². The van der Waals surface area contributed by atoms with Crippen molar-refractivity contribution in [3.63, 3.8) is 0 Å². The van der Waals surface area contributed by atoms with Crippen LogP contribution >= 0.6 is 11.3 Å². The van der Waals surface area contributed by atoms with E-state index in [1.165, 1.54) is 60.5 Å². The second-order valence-corrected chi connectivity index (χ2v) is 6.74. The Labute approximate surface area is 115 Å². The Bertz CT molecular complexity index is 356. The molecule has 1 aliphatic carbocycles. The Morgan fingerprint density at radius 1 is 1.11 bits per heavy atom. The van der Waals surface area contributed by atoms with Gasteiger partial charge in [-0.3, -0.25) is 0 Å². The summed E-state index contributed by atoms with van der Waals surface area (Å²) in [6.45, 7) is 7.59. The highest BCUT2D eigenvalue weighted by molar-refractivity contribution is 7.11. The van der Waals surface area contributed by atoms with Crippen LogP contribution in [-0.2, 0) is 5.54 Å². The highest BCUT2D eigenvalue weighted by Gasteiger charge is 2.34. The SMILES string of the molecule is CCNC1(c2nc(C)c(C)s2)CCCCCCC1. The molecule has 102 valence electrons. The molecule has 0 spiro atoms. The summed E-state index contributed by atoms with van der Waals surface area (Å²) in [4.78, 5) is 6.23. The summed E-state index contributed by atoms with van der Waals surface area (Å²) in [5.41, 5.74) is 1.38. The quantitative estimate of drug-likeness (QED) is 0.882. The minimum atomic E-state index is 0.166. The molecule has 1 heterocycles. The number of nitrogens with one attached hydrogen (secondary N) is 1. The van der Waals surface area contributed by atoms with Crippen LogP contribution in [0.5, 0.6) is 0 Å². The topological polar surface area (TPSA) is 24.9 Å². The van der Waals surface area contributed by atoms with Gasteiger partial charge >= 0.3 is 0 Å². The van der Waals surface area contributed by atoms with Gasteiger partial charge in [0.05, 0.1) is 11.2 Å². The average molecular weight is 266 g/mol. The molecule has 0 amide bonds. The smallest absolute Gasteiger partial charge is 0.113 e. The maximum Gasteiger partial charge on any atom is 0.113 e. The molecule has 0 saturated heterocycles. The lowest BCUT2D eigenvalue weighted by atomic mass is 9.84. The van der Waals surface area contributed by atoms with Gasteiger partial charge in [0.1, 0.15) is 5.01 Å². The van der Waals surface area contributed by atoms with E-state index in [9.17, 15) is 0 Å². The molecule has 1 aromatic heterocycles. The minimum absolute atomic E-state index is 0.166. The first-order chi connectivity index (χ1) is 8.68. The molecule has 0 unspecified atom stereocenters. The molecule has 0 bridgehead atoms. The van der Waals surface area contributed by atoms with Gasteiger partial charge in [0.25, 0.3) is 0 Å². The lowest BCUT2D eigenvalue weighted by Crippen LogP contribution is -2.42. The highest BCUT2D eigenvalue weighted by Crippen LogP contribution is 2.38. The van der Waals surface area contributed by atoms with Gasteiger partial charge in [-0.1, -0.05) is 39.0 Å². The molecule has 18 heavy (non-hydrogen) atoms. The molecule has 0 aliphatic heterocycles. The van der Waals surface area contributed by atoms with Crippen molar-refractivity contribution in [1.29, 1.82) is 0 Å². The van der Waals surface area contributed by atoms with Gasteiger partial charge in [-0.15, -0.1) is 11.3 Å². The maximum absolute atomic E-state index is 4.85. The summed E-state index contributed by atoms with van der Waals surface area (Å²) in [5.74, 6) is 0. The van der Waals surface area contributed by atoms with E-state index < -0.39 is 0 Å². The minimum Gasteiger partial charge on any atom is -0.306 e. The predicted molar refractivity (Wildman–Crippen MR) is 79.3 cm³/mol. The van der Waals surface area contributed by atoms with Crippen molar-refractivity contribution in [1.82, 2.24) is 10.3 Å². The molecule has 2 rings (SSSR count). The number of aryl methyl sites for hydroxylation is 2. The molecular weight excluding hydrogens is 240 g/mol. The van der Waals surface area contributed by atoms with Gasteiger partial charge in [0.2, 0.25) is 0 Å². The molecule has 1 aliphatic rings. The summed E-state index contributed by atoms with van der Waals surface area (Å²) < 4.78 is 0. The van der Waals surface area contributed by atoms with Gasteiger partial charge in [0, 0.05) is 4.88 Å². The van der Waals surface area contributed by atoms with Gasteiger partial charge in [-0.05, 0) is 33.2 Å². The predicted octanol–water partition coefficient (Wildman–Crippen LogP) is 4.31. The van der Waals surface area contributed by atoms with Gasteiger partial charge in [-0.2, -0.15) is 0 Å². The van der Waals surface area contributed by atoms with E-state index in [1.807, 2.05) is 11.3 Å². The lowest BCUT2D eigenvalue weighted by molar-refractivity contribution is 0.256. The number of nitrogens with zero attached hydrogens (tertiary/aromatic N) is 1. The molecule has 0 atom stereocenters. The van der Waals surface area contributed by atoms with E-state index in [0.29, 0.717) is 0 Å². The summed E-state index contributed by atoms with van der Waals surface area (Å²) >= 11 is 1.90. The monoisotopic (exact) mass is 266 g/mol. The number of thiazole rings is 1. The molecule has 3 heteroatoms. The summed E-state index contributed by atoms with van der Waals surface area (Å²) in [7, 11) is 0. The van der Waals surface area contributed by atoms with E-state index in [-0.39, 0.29) is 5.54 Å². The van der Waals surface area contributed by atoms with Gasteiger partial charge in [-0.25, -0.2) is 4.98 Å². The van der Waals surface area contributed by atoms with Crippen LogP contribution < -0.4 is 5.32 Å². The molecule has 1 saturated carbocycles. The second-order valence-electron chi connectivity index (χ2n) is 5.54. The third-order valence-electron chi connectivity index (χ3n) is 4.16.